The van der Waals surface area contributed by atoms with Crippen molar-refractivity contribution < 1.29 is 0 Å². The van der Waals surface area contributed by atoms with E-state index in [-0.39, 0.29) is 6.04 Å². The molecule has 0 bridgehead atoms. The summed E-state index contributed by atoms with van der Waals surface area (Å²) in [7, 11) is 0. The molecular formula is C18H17N3S2. The van der Waals surface area contributed by atoms with Gasteiger partial charge in [-0.25, -0.2) is 9.98 Å². The van der Waals surface area contributed by atoms with Crippen molar-refractivity contribution in [2.24, 2.45) is 9.98 Å². The van der Waals surface area contributed by atoms with Crippen LogP contribution >= 0.6 is 24.0 Å². The van der Waals surface area contributed by atoms with Crippen LogP contribution in [0.15, 0.2) is 70.6 Å². The van der Waals surface area contributed by atoms with Crippen LogP contribution in [-0.2, 0) is 0 Å². The standard InChI is InChI=1S/C18H17N3S2/c1-13(2)21-16(19-14-9-5-3-6-10-14)17(23-18(21)22)20-15-11-7-4-8-12-15/h3-13H,1-2H3. The summed E-state index contributed by atoms with van der Waals surface area (Å²) in [6.45, 7) is 4.22. The maximum atomic E-state index is 5.53. The van der Waals surface area contributed by atoms with Crippen molar-refractivity contribution in [2.75, 3.05) is 0 Å². The highest BCUT2D eigenvalue weighted by Gasteiger charge is 2.33. The molecule has 1 fully saturated rings. The minimum Gasteiger partial charge on any atom is -0.307 e. The Balaban J connectivity index is 2.06. The first-order valence-corrected chi connectivity index (χ1v) is 8.66. The summed E-state index contributed by atoms with van der Waals surface area (Å²) in [5.74, 6) is 0.824. The average Bonchev–Trinajstić information content (AvgIpc) is 2.85. The van der Waals surface area contributed by atoms with Gasteiger partial charge < -0.3 is 4.90 Å². The molecule has 0 aromatic heterocycles. The highest BCUT2D eigenvalue weighted by molar-refractivity contribution is 8.35. The Bertz CT molecular complexity index is 752. The zero-order valence-corrected chi connectivity index (χ0v) is 14.6. The van der Waals surface area contributed by atoms with Gasteiger partial charge in [-0.05, 0) is 49.9 Å². The lowest BCUT2D eigenvalue weighted by atomic mass is 10.3. The zero-order chi connectivity index (χ0) is 16.2. The van der Waals surface area contributed by atoms with Crippen molar-refractivity contribution in [3.63, 3.8) is 0 Å². The fourth-order valence-electron chi connectivity index (χ4n) is 2.24. The number of aliphatic imine (C=N–C) groups is 2. The molecule has 2 aromatic rings. The van der Waals surface area contributed by atoms with Crippen LogP contribution in [0.5, 0.6) is 0 Å². The fraction of sp³-hybridized carbons (Fsp3) is 0.167. The number of nitrogens with zero attached hydrogens (tertiary/aromatic N) is 3. The lowest BCUT2D eigenvalue weighted by Gasteiger charge is -2.21. The van der Waals surface area contributed by atoms with Gasteiger partial charge in [-0.1, -0.05) is 48.6 Å². The topological polar surface area (TPSA) is 28.0 Å². The molecule has 1 aliphatic rings. The molecule has 1 aliphatic heterocycles. The van der Waals surface area contributed by atoms with E-state index in [1.807, 2.05) is 60.7 Å². The van der Waals surface area contributed by atoms with E-state index in [1.54, 1.807) is 0 Å². The second-order valence-corrected chi connectivity index (χ2v) is 6.98. The van der Waals surface area contributed by atoms with E-state index in [1.165, 1.54) is 11.8 Å². The van der Waals surface area contributed by atoms with Crippen molar-refractivity contribution in [3.8, 4) is 0 Å². The van der Waals surface area contributed by atoms with Crippen LogP contribution in [0.25, 0.3) is 0 Å². The molecule has 2 aromatic carbocycles. The summed E-state index contributed by atoms with van der Waals surface area (Å²) in [5, 5.41) is 0.846. The molecule has 3 rings (SSSR count). The minimum atomic E-state index is 0.237. The van der Waals surface area contributed by atoms with E-state index in [0.29, 0.717) is 0 Å². The van der Waals surface area contributed by atoms with Gasteiger partial charge in [0.1, 0.15) is 9.36 Å². The number of benzene rings is 2. The number of hydrogen-bond donors (Lipinski definition) is 0. The second-order valence-electron chi connectivity index (χ2n) is 5.36. The van der Waals surface area contributed by atoms with Crippen molar-refractivity contribution >= 4 is 50.6 Å². The molecule has 3 nitrogen and oxygen atoms in total. The predicted molar refractivity (Wildman–Crippen MR) is 104 cm³/mol. The van der Waals surface area contributed by atoms with E-state index in [2.05, 4.69) is 18.7 Å². The van der Waals surface area contributed by atoms with Crippen molar-refractivity contribution in [3.05, 3.63) is 60.7 Å². The highest BCUT2D eigenvalue weighted by atomic mass is 32.2. The molecule has 0 aliphatic carbocycles. The normalized spacial score (nSPS) is 18.4. The van der Waals surface area contributed by atoms with Gasteiger partial charge in [-0.3, -0.25) is 0 Å². The molecule has 1 saturated heterocycles. The van der Waals surface area contributed by atoms with Gasteiger partial charge in [-0.2, -0.15) is 0 Å². The Morgan fingerprint density at radius 2 is 1.39 bits per heavy atom. The summed E-state index contributed by atoms with van der Waals surface area (Å²) >= 11 is 7.03. The molecule has 116 valence electrons. The maximum absolute atomic E-state index is 5.53. The Morgan fingerprint density at radius 1 is 0.870 bits per heavy atom. The first kappa shape index (κ1) is 15.9. The summed E-state index contributed by atoms with van der Waals surface area (Å²) in [6, 6.07) is 20.0. The van der Waals surface area contributed by atoms with E-state index < -0.39 is 0 Å². The average molecular weight is 339 g/mol. The van der Waals surface area contributed by atoms with E-state index >= 15 is 0 Å². The largest absolute Gasteiger partial charge is 0.307 e. The molecule has 0 N–H and O–H groups in total. The third-order valence-electron chi connectivity index (χ3n) is 3.29. The Hall–Kier alpha value is -1.98. The lowest BCUT2D eigenvalue weighted by molar-refractivity contribution is 0.522. The third-order valence-corrected chi connectivity index (χ3v) is 4.58. The van der Waals surface area contributed by atoms with Gasteiger partial charge >= 0.3 is 0 Å². The molecule has 0 saturated carbocycles. The third kappa shape index (κ3) is 3.68. The number of rotatable bonds is 3. The Morgan fingerprint density at radius 3 is 1.91 bits per heavy atom. The predicted octanol–water partition coefficient (Wildman–Crippen LogP) is 5.19. The zero-order valence-electron chi connectivity index (χ0n) is 13.0. The molecule has 5 heteroatoms. The van der Waals surface area contributed by atoms with Crippen LogP contribution in [-0.4, -0.2) is 26.1 Å². The van der Waals surface area contributed by atoms with Crippen LogP contribution < -0.4 is 0 Å². The fourth-order valence-corrected chi connectivity index (χ4v) is 3.72. The smallest absolute Gasteiger partial charge is 0.168 e. The molecule has 0 unspecified atom stereocenters. The molecule has 1 heterocycles. The van der Waals surface area contributed by atoms with E-state index in [9.17, 15) is 0 Å². The molecule has 0 amide bonds. The molecule has 0 atom stereocenters. The van der Waals surface area contributed by atoms with Gasteiger partial charge in [0.2, 0.25) is 0 Å². The minimum absolute atomic E-state index is 0.237. The van der Waals surface area contributed by atoms with Gasteiger partial charge in [-0.15, -0.1) is 0 Å². The molecule has 23 heavy (non-hydrogen) atoms. The summed E-state index contributed by atoms with van der Waals surface area (Å²) in [5.41, 5.74) is 1.81. The number of amidine groups is 1. The van der Waals surface area contributed by atoms with Crippen LogP contribution in [0.2, 0.25) is 0 Å². The maximum Gasteiger partial charge on any atom is 0.168 e. The number of hydrogen-bond acceptors (Lipinski definition) is 4. The first-order valence-electron chi connectivity index (χ1n) is 7.44. The summed E-state index contributed by atoms with van der Waals surface area (Å²) < 4.78 is 0.796. The van der Waals surface area contributed by atoms with Crippen LogP contribution in [0.3, 0.4) is 0 Å². The number of para-hydroxylation sites is 2. The SMILES string of the molecule is CC(C)N1C(=S)SC(=Nc2ccccc2)C1=Nc1ccccc1. The Labute approximate surface area is 146 Å². The lowest BCUT2D eigenvalue weighted by Crippen LogP contribution is -2.36. The van der Waals surface area contributed by atoms with Gasteiger partial charge in [0.25, 0.3) is 0 Å². The van der Waals surface area contributed by atoms with Crippen LogP contribution in [0.4, 0.5) is 11.4 Å². The molecular weight excluding hydrogens is 322 g/mol. The molecule has 0 radical (unpaired) electrons. The Kier molecular flexibility index (Phi) is 4.88. The first-order chi connectivity index (χ1) is 11.1. The van der Waals surface area contributed by atoms with Crippen LogP contribution in [0, 0.1) is 0 Å². The number of thioether (sulfide) groups is 1. The highest BCUT2D eigenvalue weighted by Crippen LogP contribution is 2.30. The van der Waals surface area contributed by atoms with Crippen molar-refractivity contribution in [2.45, 2.75) is 19.9 Å². The monoisotopic (exact) mass is 339 g/mol. The van der Waals surface area contributed by atoms with Crippen LogP contribution in [0.1, 0.15) is 13.8 Å². The second kappa shape index (κ2) is 7.06. The summed E-state index contributed by atoms with van der Waals surface area (Å²) in [4.78, 5) is 11.6. The molecule has 0 spiro atoms. The quantitative estimate of drug-likeness (QED) is 0.720. The van der Waals surface area contributed by atoms with Gasteiger partial charge in [0.15, 0.2) is 5.84 Å². The van der Waals surface area contributed by atoms with Crippen molar-refractivity contribution in [1.82, 2.24) is 4.90 Å². The van der Waals surface area contributed by atoms with Gasteiger partial charge in [0, 0.05) is 6.04 Å². The summed E-state index contributed by atoms with van der Waals surface area (Å²) in [6.07, 6.45) is 0. The van der Waals surface area contributed by atoms with E-state index in [4.69, 9.17) is 22.2 Å². The van der Waals surface area contributed by atoms with E-state index in [0.717, 1.165) is 26.6 Å². The van der Waals surface area contributed by atoms with Gasteiger partial charge in [0.05, 0.1) is 11.4 Å². The number of thiocarbonyl (C=S) groups is 1. The van der Waals surface area contributed by atoms with Crippen molar-refractivity contribution in [1.29, 1.82) is 0 Å².